The van der Waals surface area contributed by atoms with Gasteiger partial charge in [0, 0.05) is 17.8 Å². The van der Waals surface area contributed by atoms with Gasteiger partial charge in [-0.3, -0.25) is 4.79 Å². The number of nitrogens with zero attached hydrogens (tertiary/aromatic N) is 1. The lowest BCUT2D eigenvalue weighted by Gasteiger charge is -2.10. The van der Waals surface area contributed by atoms with Crippen molar-refractivity contribution in [2.24, 2.45) is 0 Å². The molecule has 0 heterocycles. The molecule has 0 radical (unpaired) electrons. The van der Waals surface area contributed by atoms with Gasteiger partial charge in [0.1, 0.15) is 12.4 Å². The van der Waals surface area contributed by atoms with Gasteiger partial charge in [-0.1, -0.05) is 18.2 Å². The van der Waals surface area contributed by atoms with Crippen molar-refractivity contribution >= 4 is 11.6 Å². The summed E-state index contributed by atoms with van der Waals surface area (Å²) in [5.74, 6) is 0.724. The lowest BCUT2D eigenvalue weighted by molar-refractivity contribution is -0.119. The average Bonchev–Trinajstić information content (AvgIpc) is 3.43. The largest absolute Gasteiger partial charge is 0.489 e. The normalized spacial score (nSPS) is 13.0. The van der Waals surface area contributed by atoms with E-state index in [0.29, 0.717) is 24.0 Å². The Bertz CT molecular complexity index is 763. The molecule has 3 rings (SSSR count). The zero-order valence-corrected chi connectivity index (χ0v) is 13.3. The summed E-state index contributed by atoms with van der Waals surface area (Å²) in [6.07, 6.45) is 2.17. The van der Waals surface area contributed by atoms with Crippen LogP contribution in [0.25, 0.3) is 0 Å². The van der Waals surface area contributed by atoms with E-state index in [1.165, 1.54) is 0 Å². The standard InChI is InChI=1S/C19H19N3O2/c20-11-14-3-1-4-15(9-14)13-24-18-6-2-5-17(10-18)21-12-19(23)22-16-7-8-16/h1-6,9-10,16,21H,7-8,12-13H2,(H,22,23). The third-order valence-electron chi connectivity index (χ3n) is 3.69. The Hall–Kier alpha value is -3.00. The van der Waals surface area contributed by atoms with Crippen molar-refractivity contribution in [3.63, 3.8) is 0 Å². The summed E-state index contributed by atoms with van der Waals surface area (Å²) in [7, 11) is 0. The number of amides is 1. The number of ether oxygens (including phenoxy) is 1. The molecule has 0 saturated heterocycles. The molecule has 1 fully saturated rings. The first kappa shape index (κ1) is 15.9. The van der Waals surface area contributed by atoms with Crippen LogP contribution < -0.4 is 15.4 Å². The molecule has 2 N–H and O–H groups in total. The Balaban J connectivity index is 1.52. The third kappa shape index (κ3) is 4.75. The number of carbonyl (C=O) groups excluding carboxylic acids is 1. The van der Waals surface area contributed by atoms with Crippen molar-refractivity contribution in [1.82, 2.24) is 5.32 Å². The van der Waals surface area contributed by atoms with E-state index in [1.54, 1.807) is 6.07 Å². The fraction of sp³-hybridized carbons (Fsp3) is 0.263. The monoisotopic (exact) mass is 321 g/mol. The zero-order chi connectivity index (χ0) is 16.8. The van der Waals surface area contributed by atoms with E-state index < -0.39 is 0 Å². The highest BCUT2D eigenvalue weighted by atomic mass is 16.5. The van der Waals surface area contributed by atoms with Crippen LogP contribution in [-0.2, 0) is 11.4 Å². The van der Waals surface area contributed by atoms with Crippen molar-refractivity contribution in [3.8, 4) is 11.8 Å². The summed E-state index contributed by atoms with van der Waals surface area (Å²) in [4.78, 5) is 11.7. The zero-order valence-electron chi connectivity index (χ0n) is 13.3. The van der Waals surface area contributed by atoms with Crippen LogP contribution in [-0.4, -0.2) is 18.5 Å². The smallest absolute Gasteiger partial charge is 0.239 e. The highest BCUT2D eigenvalue weighted by Crippen LogP contribution is 2.20. The maximum Gasteiger partial charge on any atom is 0.239 e. The molecule has 2 aromatic carbocycles. The topological polar surface area (TPSA) is 74.1 Å². The number of anilines is 1. The van der Waals surface area contributed by atoms with Crippen molar-refractivity contribution in [3.05, 3.63) is 59.7 Å². The minimum atomic E-state index is 0.0112. The molecule has 5 heteroatoms. The van der Waals surface area contributed by atoms with Crippen LogP contribution in [0.1, 0.15) is 24.0 Å². The summed E-state index contributed by atoms with van der Waals surface area (Å²) in [6, 6.07) is 17.3. The molecular weight excluding hydrogens is 302 g/mol. The molecule has 0 unspecified atom stereocenters. The van der Waals surface area contributed by atoms with Gasteiger partial charge >= 0.3 is 0 Å². The Labute approximate surface area is 141 Å². The molecular formula is C19H19N3O2. The number of benzene rings is 2. The summed E-state index contributed by atoms with van der Waals surface area (Å²) in [5, 5.41) is 15.0. The second-order valence-corrected chi connectivity index (χ2v) is 5.82. The van der Waals surface area contributed by atoms with Crippen LogP contribution in [0.2, 0.25) is 0 Å². The van der Waals surface area contributed by atoms with E-state index in [0.717, 1.165) is 24.1 Å². The van der Waals surface area contributed by atoms with Gasteiger partial charge in [0.25, 0.3) is 0 Å². The lowest BCUT2D eigenvalue weighted by Crippen LogP contribution is -2.31. The summed E-state index contributed by atoms with van der Waals surface area (Å²) < 4.78 is 5.76. The second-order valence-electron chi connectivity index (χ2n) is 5.82. The van der Waals surface area contributed by atoms with Crippen LogP contribution in [0.3, 0.4) is 0 Å². The van der Waals surface area contributed by atoms with Gasteiger partial charge in [0.2, 0.25) is 5.91 Å². The van der Waals surface area contributed by atoms with Gasteiger partial charge < -0.3 is 15.4 Å². The Kier molecular flexibility index (Phi) is 4.97. The van der Waals surface area contributed by atoms with Crippen molar-refractivity contribution in [1.29, 1.82) is 5.26 Å². The van der Waals surface area contributed by atoms with Crippen molar-refractivity contribution < 1.29 is 9.53 Å². The van der Waals surface area contributed by atoms with Crippen LogP contribution in [0.4, 0.5) is 5.69 Å². The Morgan fingerprint density at radius 3 is 2.83 bits per heavy atom. The fourth-order valence-corrected chi connectivity index (χ4v) is 2.28. The quantitative estimate of drug-likeness (QED) is 0.822. The van der Waals surface area contributed by atoms with Gasteiger partial charge in [-0.15, -0.1) is 0 Å². The number of hydrogen-bond donors (Lipinski definition) is 2. The third-order valence-corrected chi connectivity index (χ3v) is 3.69. The highest BCUT2D eigenvalue weighted by Gasteiger charge is 2.22. The van der Waals surface area contributed by atoms with E-state index in [1.807, 2.05) is 42.5 Å². The number of carbonyl (C=O) groups is 1. The van der Waals surface area contributed by atoms with Gasteiger partial charge in [0.05, 0.1) is 18.2 Å². The van der Waals surface area contributed by atoms with Crippen molar-refractivity contribution in [2.75, 3.05) is 11.9 Å². The van der Waals surface area contributed by atoms with Gasteiger partial charge in [-0.05, 0) is 42.7 Å². The molecule has 0 aromatic heterocycles. The Morgan fingerprint density at radius 1 is 1.21 bits per heavy atom. The molecule has 0 atom stereocenters. The molecule has 0 spiro atoms. The molecule has 1 aliphatic rings. The summed E-state index contributed by atoms with van der Waals surface area (Å²) in [5.41, 5.74) is 2.40. The van der Waals surface area contributed by atoms with E-state index >= 15 is 0 Å². The number of hydrogen-bond acceptors (Lipinski definition) is 4. The number of rotatable bonds is 7. The first-order valence-corrected chi connectivity index (χ1v) is 7.98. The van der Waals surface area contributed by atoms with Crippen LogP contribution in [0, 0.1) is 11.3 Å². The molecule has 5 nitrogen and oxygen atoms in total. The first-order valence-electron chi connectivity index (χ1n) is 7.98. The van der Waals surface area contributed by atoms with Crippen LogP contribution >= 0.6 is 0 Å². The molecule has 1 saturated carbocycles. The SMILES string of the molecule is N#Cc1cccc(COc2cccc(NCC(=O)NC3CC3)c2)c1. The average molecular weight is 321 g/mol. The molecule has 0 bridgehead atoms. The maximum absolute atomic E-state index is 11.7. The molecule has 1 amide bonds. The highest BCUT2D eigenvalue weighted by molar-refractivity contribution is 5.81. The molecule has 0 aliphatic heterocycles. The molecule has 1 aliphatic carbocycles. The maximum atomic E-state index is 11.7. The predicted octanol–water partition coefficient (Wildman–Crippen LogP) is 2.83. The van der Waals surface area contributed by atoms with Gasteiger partial charge in [0.15, 0.2) is 0 Å². The van der Waals surface area contributed by atoms with E-state index in [2.05, 4.69) is 16.7 Å². The lowest BCUT2D eigenvalue weighted by atomic mass is 10.1. The second kappa shape index (κ2) is 7.51. The summed E-state index contributed by atoms with van der Waals surface area (Å²) >= 11 is 0. The minimum absolute atomic E-state index is 0.0112. The minimum Gasteiger partial charge on any atom is -0.489 e. The predicted molar refractivity (Wildman–Crippen MR) is 91.6 cm³/mol. The molecule has 122 valence electrons. The fourth-order valence-electron chi connectivity index (χ4n) is 2.28. The van der Waals surface area contributed by atoms with Gasteiger partial charge in [-0.25, -0.2) is 0 Å². The molecule has 2 aromatic rings. The number of nitriles is 1. The number of nitrogens with one attached hydrogen (secondary N) is 2. The van der Waals surface area contributed by atoms with E-state index in [9.17, 15) is 4.79 Å². The molecule has 24 heavy (non-hydrogen) atoms. The van der Waals surface area contributed by atoms with Gasteiger partial charge in [-0.2, -0.15) is 5.26 Å². The van der Waals surface area contributed by atoms with E-state index in [4.69, 9.17) is 10.00 Å². The van der Waals surface area contributed by atoms with Crippen LogP contribution in [0.5, 0.6) is 5.75 Å². The summed E-state index contributed by atoms with van der Waals surface area (Å²) in [6.45, 7) is 0.644. The Morgan fingerprint density at radius 2 is 2.04 bits per heavy atom. The van der Waals surface area contributed by atoms with Crippen molar-refractivity contribution in [2.45, 2.75) is 25.5 Å². The van der Waals surface area contributed by atoms with Crippen LogP contribution in [0.15, 0.2) is 48.5 Å². The van der Waals surface area contributed by atoms with E-state index in [-0.39, 0.29) is 12.5 Å². The first-order chi connectivity index (χ1) is 11.7.